The second-order valence-corrected chi connectivity index (χ2v) is 4.57. The summed E-state index contributed by atoms with van der Waals surface area (Å²) in [6, 6.07) is 12.1. The predicted molar refractivity (Wildman–Crippen MR) is 78.6 cm³/mol. The molecular weight excluding hydrogens is 238 g/mol. The van der Waals surface area contributed by atoms with Crippen molar-refractivity contribution in [3.8, 4) is 5.75 Å². The second-order valence-electron chi connectivity index (χ2n) is 4.57. The van der Waals surface area contributed by atoms with E-state index in [2.05, 4.69) is 5.32 Å². The van der Waals surface area contributed by atoms with Gasteiger partial charge in [-0.1, -0.05) is 50.2 Å². The first-order valence-corrected chi connectivity index (χ1v) is 6.27. The van der Waals surface area contributed by atoms with Gasteiger partial charge < -0.3 is 15.2 Å². The third-order valence-corrected chi connectivity index (χ3v) is 2.64. The van der Waals surface area contributed by atoms with Crippen molar-refractivity contribution in [2.45, 2.75) is 26.0 Å². The van der Waals surface area contributed by atoms with Crippen LogP contribution in [0.3, 0.4) is 0 Å². The lowest BCUT2D eigenvalue weighted by Crippen LogP contribution is -2.35. The van der Waals surface area contributed by atoms with E-state index in [4.69, 9.17) is 8.85 Å². The van der Waals surface area contributed by atoms with Crippen molar-refractivity contribution in [3.63, 3.8) is 0 Å². The first-order chi connectivity index (χ1) is 10.2. The molecule has 2 N–H and O–H groups in total. The number of hydrogen-bond donors (Lipinski definition) is 2. The Morgan fingerprint density at radius 3 is 2.79 bits per heavy atom. The van der Waals surface area contributed by atoms with Gasteiger partial charge in [0.2, 0.25) is 0 Å². The maximum absolute atomic E-state index is 10.0. The summed E-state index contributed by atoms with van der Waals surface area (Å²) in [5.41, 5.74) is 0. The van der Waals surface area contributed by atoms with Gasteiger partial charge >= 0.3 is 0 Å². The minimum absolute atomic E-state index is 0.204. The van der Waals surface area contributed by atoms with Crippen molar-refractivity contribution in [2.75, 3.05) is 13.1 Å². The fourth-order valence-electron chi connectivity index (χ4n) is 1.76. The topological polar surface area (TPSA) is 41.5 Å². The van der Waals surface area contributed by atoms with Crippen LogP contribution in [0.4, 0.5) is 0 Å². The van der Waals surface area contributed by atoms with E-state index in [1.54, 1.807) is 6.07 Å². The Bertz CT molecular complexity index is 635. The average Bonchev–Trinajstić information content (AvgIpc) is 2.42. The van der Waals surface area contributed by atoms with Crippen LogP contribution < -0.4 is 10.1 Å². The van der Waals surface area contributed by atoms with Gasteiger partial charge in [0.25, 0.3) is 0 Å². The van der Waals surface area contributed by atoms with Crippen LogP contribution >= 0.6 is 0 Å². The maximum Gasteiger partial charge on any atom is 0.127 e. The Balaban J connectivity index is 2.08. The molecule has 0 saturated heterocycles. The van der Waals surface area contributed by atoms with Crippen LogP contribution in [0.5, 0.6) is 5.75 Å². The van der Waals surface area contributed by atoms with Gasteiger partial charge in [-0.2, -0.15) is 0 Å². The third-order valence-electron chi connectivity index (χ3n) is 2.64. The maximum atomic E-state index is 10.0. The van der Waals surface area contributed by atoms with Crippen molar-refractivity contribution >= 4 is 10.8 Å². The molecule has 2 aromatic rings. The zero-order chi connectivity index (χ0) is 16.4. The molecule has 0 amide bonds. The summed E-state index contributed by atoms with van der Waals surface area (Å²) in [5, 5.41) is 14.4. The number of nitrogens with one attached hydrogen (secondary N) is 1. The van der Waals surface area contributed by atoms with Crippen molar-refractivity contribution in [3.05, 3.63) is 42.5 Å². The molecule has 2 rings (SSSR count). The van der Waals surface area contributed by atoms with Crippen molar-refractivity contribution in [2.24, 2.45) is 0 Å². The highest BCUT2D eigenvalue weighted by molar-refractivity contribution is 5.88. The lowest BCUT2D eigenvalue weighted by molar-refractivity contribution is 0.105. The molecule has 3 nitrogen and oxygen atoms in total. The van der Waals surface area contributed by atoms with E-state index >= 15 is 0 Å². The Hall–Kier alpha value is -1.58. The zero-order valence-corrected chi connectivity index (χ0v) is 11.2. The number of aliphatic hydroxyl groups excluding tert-OH is 1. The van der Waals surface area contributed by atoms with E-state index in [1.165, 1.54) is 13.8 Å². The quantitative estimate of drug-likeness (QED) is 0.840. The zero-order valence-electron chi connectivity index (χ0n) is 14.2. The van der Waals surface area contributed by atoms with E-state index in [1.807, 2.05) is 36.4 Å². The molecule has 0 aliphatic rings. The number of fused-ring (bicyclic) bond motifs is 1. The number of ether oxygens (including phenoxy) is 1. The Labute approximate surface area is 118 Å². The summed E-state index contributed by atoms with van der Waals surface area (Å²) in [6.07, 6.45) is -1.39. The Kier molecular flexibility index (Phi) is 3.53. The number of benzene rings is 2. The van der Waals surface area contributed by atoms with Crippen LogP contribution in [0.2, 0.25) is 0 Å². The largest absolute Gasteiger partial charge is 0.490 e. The second kappa shape index (κ2) is 6.55. The predicted octanol–water partition coefficient (Wildman–Crippen LogP) is 2.58. The van der Waals surface area contributed by atoms with Gasteiger partial charge in [-0.15, -0.1) is 0 Å². The van der Waals surface area contributed by atoms with Crippen LogP contribution in [0, 0.1) is 0 Å². The fourth-order valence-corrected chi connectivity index (χ4v) is 1.76. The van der Waals surface area contributed by atoms with Crippen molar-refractivity contribution < 1.29 is 14.0 Å². The summed E-state index contributed by atoms with van der Waals surface area (Å²) in [4.78, 5) is 0. The SMILES string of the molecule is [2H]C(C)(C)NC([2H])([2H])C(O)COc1cccc2ccccc12. The molecule has 0 bridgehead atoms. The van der Waals surface area contributed by atoms with E-state index in [0.29, 0.717) is 5.75 Å². The van der Waals surface area contributed by atoms with Gasteiger partial charge in [0.05, 0.1) is 0 Å². The van der Waals surface area contributed by atoms with Gasteiger partial charge in [-0.25, -0.2) is 0 Å². The first-order valence-electron chi connectivity index (χ1n) is 7.77. The first kappa shape index (κ1) is 10.2. The fraction of sp³-hybridized carbons (Fsp3) is 0.375. The number of hydrogen-bond acceptors (Lipinski definition) is 3. The molecule has 0 aromatic heterocycles. The minimum atomic E-state index is -2.12. The molecule has 1 unspecified atom stereocenters. The lowest BCUT2D eigenvalue weighted by Gasteiger charge is -2.15. The highest BCUT2D eigenvalue weighted by Crippen LogP contribution is 2.25. The summed E-state index contributed by atoms with van der Waals surface area (Å²) in [7, 11) is 0. The molecule has 1 atom stereocenters. The van der Waals surface area contributed by atoms with E-state index in [-0.39, 0.29) is 6.61 Å². The van der Waals surface area contributed by atoms with Crippen LogP contribution in [-0.4, -0.2) is 30.3 Å². The van der Waals surface area contributed by atoms with Crippen LogP contribution in [0.1, 0.15) is 18.0 Å². The summed E-state index contributed by atoms with van der Waals surface area (Å²) in [6.45, 7) is 0.714. The molecule has 3 heteroatoms. The van der Waals surface area contributed by atoms with E-state index in [9.17, 15) is 5.11 Å². The van der Waals surface area contributed by atoms with Crippen LogP contribution in [0.15, 0.2) is 42.5 Å². The average molecular weight is 262 g/mol. The van der Waals surface area contributed by atoms with Gasteiger partial charge in [0, 0.05) is 22.0 Å². The molecule has 0 heterocycles. The molecular formula is C16H21NO2. The molecule has 0 radical (unpaired) electrons. The van der Waals surface area contributed by atoms with Gasteiger partial charge in [-0.05, 0) is 11.5 Å². The highest BCUT2D eigenvalue weighted by atomic mass is 16.5. The molecule has 2 aromatic carbocycles. The Morgan fingerprint density at radius 2 is 2.00 bits per heavy atom. The number of rotatable bonds is 6. The molecule has 102 valence electrons. The molecule has 0 saturated carbocycles. The molecule has 19 heavy (non-hydrogen) atoms. The Morgan fingerprint density at radius 1 is 1.26 bits per heavy atom. The third kappa shape index (κ3) is 3.94. The van der Waals surface area contributed by atoms with E-state index < -0.39 is 18.6 Å². The van der Waals surface area contributed by atoms with Gasteiger partial charge in [0.1, 0.15) is 18.5 Å². The highest BCUT2D eigenvalue weighted by Gasteiger charge is 2.07. The minimum Gasteiger partial charge on any atom is -0.490 e. The van der Waals surface area contributed by atoms with Gasteiger partial charge in [-0.3, -0.25) is 0 Å². The van der Waals surface area contributed by atoms with Crippen LogP contribution in [-0.2, 0) is 0 Å². The monoisotopic (exact) mass is 262 g/mol. The standard InChI is InChI=1S/C16H21NO2/c1-12(2)17-10-14(18)11-19-16-9-5-7-13-6-3-4-8-15(13)16/h3-9,12,14,17-18H,10-11H2,1-2H3/i10D2,12D. The smallest absolute Gasteiger partial charge is 0.127 e. The van der Waals surface area contributed by atoms with Crippen molar-refractivity contribution in [1.82, 2.24) is 5.32 Å². The molecule has 0 fully saturated rings. The van der Waals surface area contributed by atoms with Gasteiger partial charge in [0.15, 0.2) is 0 Å². The number of aliphatic hydroxyl groups is 1. The van der Waals surface area contributed by atoms with Crippen LogP contribution in [0.25, 0.3) is 10.8 Å². The lowest BCUT2D eigenvalue weighted by atomic mass is 10.1. The summed E-state index contributed by atoms with van der Waals surface area (Å²) >= 11 is 0. The summed E-state index contributed by atoms with van der Waals surface area (Å²) in [5.74, 6) is 0.595. The van der Waals surface area contributed by atoms with Crippen molar-refractivity contribution in [1.29, 1.82) is 0 Å². The molecule has 0 aliphatic carbocycles. The molecule has 0 spiro atoms. The summed E-state index contributed by atoms with van der Waals surface area (Å²) < 4.78 is 28.9. The normalized spacial score (nSPS) is 16.5. The molecule has 0 aliphatic heterocycles. The van der Waals surface area contributed by atoms with E-state index in [0.717, 1.165) is 10.8 Å².